The summed E-state index contributed by atoms with van der Waals surface area (Å²) in [5, 5.41) is 12.5. The number of hydrogen-bond acceptors (Lipinski definition) is 6. The number of rotatable bonds is 6. The number of methoxy groups -OCH3 is 1. The molecule has 0 spiro atoms. The van der Waals surface area contributed by atoms with Crippen LogP contribution in [0.3, 0.4) is 0 Å². The van der Waals surface area contributed by atoms with Crippen molar-refractivity contribution < 1.29 is 19.1 Å². The monoisotopic (exact) mass is 462 g/mol. The molecule has 1 N–H and O–H groups in total. The van der Waals surface area contributed by atoms with Gasteiger partial charge in [-0.2, -0.15) is 5.26 Å². The highest BCUT2D eigenvalue weighted by molar-refractivity contribution is 9.10. The van der Waals surface area contributed by atoms with Gasteiger partial charge in [0, 0.05) is 14.9 Å². The molecule has 0 fully saturated rings. The summed E-state index contributed by atoms with van der Waals surface area (Å²) in [6.07, 6.45) is 1.44. The normalized spacial score (nSPS) is 10.9. The van der Waals surface area contributed by atoms with Gasteiger partial charge in [-0.3, -0.25) is 4.79 Å². The number of halogens is 1. The van der Waals surface area contributed by atoms with Crippen LogP contribution in [0.25, 0.3) is 6.08 Å². The molecule has 0 bridgehead atoms. The van der Waals surface area contributed by atoms with Gasteiger partial charge in [-0.15, -0.1) is 11.3 Å². The van der Waals surface area contributed by atoms with Gasteiger partial charge in [-0.25, -0.2) is 4.79 Å². The molecule has 1 heterocycles. The van der Waals surface area contributed by atoms with E-state index in [4.69, 9.17) is 9.47 Å². The third-order valence-electron chi connectivity index (χ3n) is 3.95. The molecule has 1 amide bonds. The molecule has 0 radical (unpaired) electrons. The minimum Gasteiger partial charge on any atom is -0.496 e. The number of nitrogens with one attached hydrogen (secondary N) is 1. The standard InChI is InChI=1S/C20H19BrN2O4S/c1-5-27-20(25)17-11(2)12(3)28-19(17)23-18(24)14(10-22)8-13-9-15(21)6-7-16(13)26-4/h6-9H,5H2,1-4H3,(H,23,24). The molecule has 0 saturated heterocycles. The minimum absolute atomic E-state index is 0.116. The van der Waals surface area contributed by atoms with Crippen molar-refractivity contribution in [1.82, 2.24) is 0 Å². The highest BCUT2D eigenvalue weighted by atomic mass is 79.9. The third-order valence-corrected chi connectivity index (χ3v) is 5.56. The Labute approximate surface area is 175 Å². The van der Waals surface area contributed by atoms with E-state index < -0.39 is 11.9 Å². The first-order chi connectivity index (χ1) is 13.3. The lowest BCUT2D eigenvalue weighted by Gasteiger charge is -2.08. The number of nitriles is 1. The van der Waals surface area contributed by atoms with Crippen LogP contribution in [0.2, 0.25) is 0 Å². The maximum atomic E-state index is 12.7. The molecule has 1 aromatic carbocycles. The van der Waals surface area contributed by atoms with Crippen molar-refractivity contribution in [3.05, 3.63) is 49.8 Å². The summed E-state index contributed by atoms with van der Waals surface area (Å²) in [7, 11) is 1.51. The van der Waals surface area contributed by atoms with Gasteiger partial charge in [0.2, 0.25) is 0 Å². The molecular weight excluding hydrogens is 444 g/mol. The summed E-state index contributed by atoms with van der Waals surface area (Å²) < 4.78 is 11.1. The van der Waals surface area contributed by atoms with Gasteiger partial charge >= 0.3 is 5.97 Å². The Morgan fingerprint density at radius 3 is 2.68 bits per heavy atom. The molecule has 6 nitrogen and oxygen atoms in total. The molecule has 0 aliphatic carbocycles. The van der Waals surface area contributed by atoms with Crippen LogP contribution in [0.5, 0.6) is 5.75 Å². The van der Waals surface area contributed by atoms with Crippen LogP contribution < -0.4 is 10.1 Å². The second-order valence-corrected chi connectivity index (χ2v) is 7.86. The first kappa shape index (κ1) is 21.7. The van der Waals surface area contributed by atoms with E-state index >= 15 is 0 Å². The number of esters is 1. The summed E-state index contributed by atoms with van der Waals surface area (Å²) in [5.41, 5.74) is 1.52. The zero-order valence-corrected chi connectivity index (χ0v) is 18.3. The third kappa shape index (κ3) is 4.80. The largest absolute Gasteiger partial charge is 0.496 e. The average molecular weight is 463 g/mol. The van der Waals surface area contributed by atoms with Crippen molar-refractivity contribution in [3.63, 3.8) is 0 Å². The summed E-state index contributed by atoms with van der Waals surface area (Å²) in [4.78, 5) is 25.8. The Balaban J connectivity index is 2.39. The average Bonchev–Trinajstić information content (AvgIpc) is 2.93. The van der Waals surface area contributed by atoms with Crippen LogP contribution in [0.4, 0.5) is 5.00 Å². The Hall–Kier alpha value is -2.63. The van der Waals surface area contributed by atoms with Gasteiger partial charge in [0.05, 0.1) is 19.3 Å². The van der Waals surface area contributed by atoms with Gasteiger partial charge < -0.3 is 14.8 Å². The maximum Gasteiger partial charge on any atom is 0.341 e. The topological polar surface area (TPSA) is 88.4 Å². The number of thiophene rings is 1. The second kappa shape index (κ2) is 9.53. The molecule has 0 aliphatic heterocycles. The fraction of sp³-hybridized carbons (Fsp3) is 0.250. The van der Waals surface area contributed by atoms with E-state index in [-0.39, 0.29) is 12.2 Å². The van der Waals surface area contributed by atoms with Crippen molar-refractivity contribution in [2.45, 2.75) is 20.8 Å². The molecule has 1 aromatic heterocycles. The number of carbonyl (C=O) groups is 2. The van der Waals surface area contributed by atoms with Crippen molar-refractivity contribution in [2.75, 3.05) is 19.0 Å². The van der Waals surface area contributed by atoms with Crippen molar-refractivity contribution in [2.24, 2.45) is 0 Å². The lowest BCUT2D eigenvalue weighted by Crippen LogP contribution is -2.16. The molecule has 2 rings (SSSR count). The van der Waals surface area contributed by atoms with Crippen molar-refractivity contribution in [3.8, 4) is 11.8 Å². The number of anilines is 1. The number of hydrogen-bond donors (Lipinski definition) is 1. The minimum atomic E-state index is -0.615. The molecule has 146 valence electrons. The summed E-state index contributed by atoms with van der Waals surface area (Å²) >= 11 is 4.63. The van der Waals surface area contributed by atoms with E-state index in [0.717, 1.165) is 14.9 Å². The van der Waals surface area contributed by atoms with Gasteiger partial charge in [-0.1, -0.05) is 15.9 Å². The van der Waals surface area contributed by atoms with E-state index in [0.29, 0.717) is 21.9 Å². The second-order valence-electron chi connectivity index (χ2n) is 5.72. The number of benzene rings is 1. The van der Waals surface area contributed by atoms with Crippen LogP contribution in [-0.4, -0.2) is 25.6 Å². The molecule has 0 aliphatic rings. The van der Waals surface area contributed by atoms with Crippen molar-refractivity contribution in [1.29, 1.82) is 5.26 Å². The highest BCUT2D eigenvalue weighted by Gasteiger charge is 2.23. The fourth-order valence-corrected chi connectivity index (χ4v) is 3.88. The summed E-state index contributed by atoms with van der Waals surface area (Å²) in [6, 6.07) is 7.17. The first-order valence-electron chi connectivity index (χ1n) is 8.36. The van der Waals surface area contributed by atoms with Crippen LogP contribution in [0, 0.1) is 25.2 Å². The van der Waals surface area contributed by atoms with Gasteiger partial charge in [-0.05, 0) is 50.6 Å². The number of carbonyl (C=O) groups excluding carboxylic acids is 2. The Kier molecular flexibility index (Phi) is 7.38. The smallest absolute Gasteiger partial charge is 0.341 e. The molecule has 8 heteroatoms. The zero-order valence-electron chi connectivity index (χ0n) is 15.9. The number of nitrogens with zero attached hydrogens (tertiary/aromatic N) is 1. The van der Waals surface area contributed by atoms with E-state index in [1.165, 1.54) is 24.5 Å². The van der Waals surface area contributed by atoms with Crippen LogP contribution >= 0.6 is 27.3 Å². The Morgan fingerprint density at radius 1 is 1.36 bits per heavy atom. The van der Waals surface area contributed by atoms with E-state index in [9.17, 15) is 14.9 Å². The van der Waals surface area contributed by atoms with Crippen LogP contribution in [-0.2, 0) is 9.53 Å². The quantitative estimate of drug-likeness (QED) is 0.376. The van der Waals surface area contributed by atoms with E-state index in [1.807, 2.05) is 13.0 Å². The van der Waals surface area contributed by atoms with E-state index in [2.05, 4.69) is 21.2 Å². The lowest BCUT2D eigenvalue weighted by molar-refractivity contribution is -0.112. The Bertz CT molecular complexity index is 989. The predicted octanol–water partition coefficient (Wildman–Crippen LogP) is 4.86. The van der Waals surface area contributed by atoms with Gasteiger partial charge in [0.15, 0.2) is 0 Å². The molecule has 0 atom stereocenters. The highest BCUT2D eigenvalue weighted by Crippen LogP contribution is 2.33. The van der Waals surface area contributed by atoms with Gasteiger partial charge in [0.1, 0.15) is 22.4 Å². The van der Waals surface area contributed by atoms with E-state index in [1.54, 1.807) is 32.0 Å². The number of aryl methyl sites for hydroxylation is 1. The number of amides is 1. The SMILES string of the molecule is CCOC(=O)c1c(NC(=O)C(C#N)=Cc2cc(Br)ccc2OC)sc(C)c1C. The molecule has 0 saturated carbocycles. The van der Waals surface area contributed by atoms with Crippen LogP contribution in [0.1, 0.15) is 33.3 Å². The molecule has 2 aromatic rings. The first-order valence-corrected chi connectivity index (χ1v) is 9.97. The lowest BCUT2D eigenvalue weighted by atomic mass is 10.1. The van der Waals surface area contributed by atoms with Crippen LogP contribution in [0.15, 0.2) is 28.2 Å². The molecular formula is C20H19BrN2O4S. The summed E-state index contributed by atoms with van der Waals surface area (Å²) in [6.45, 7) is 5.59. The fourth-order valence-electron chi connectivity index (χ4n) is 2.46. The van der Waals surface area contributed by atoms with Crippen molar-refractivity contribution >= 4 is 50.2 Å². The maximum absolute atomic E-state index is 12.7. The zero-order chi connectivity index (χ0) is 20.8. The molecule has 0 unspecified atom stereocenters. The predicted molar refractivity (Wildman–Crippen MR) is 113 cm³/mol. The van der Waals surface area contributed by atoms with Gasteiger partial charge in [0.25, 0.3) is 5.91 Å². The Morgan fingerprint density at radius 2 is 2.07 bits per heavy atom. The molecule has 28 heavy (non-hydrogen) atoms. The number of ether oxygens (including phenoxy) is 2. The summed E-state index contributed by atoms with van der Waals surface area (Å²) in [5.74, 6) is -0.592.